The molecule has 10 nitrogen and oxygen atoms in total. The van der Waals surface area contributed by atoms with Crippen LogP contribution in [0.1, 0.15) is 44.1 Å². The van der Waals surface area contributed by atoms with Crippen molar-refractivity contribution in [3.05, 3.63) is 59.4 Å². The van der Waals surface area contributed by atoms with Gasteiger partial charge in [-0.3, -0.25) is 14.2 Å². The molecule has 0 bridgehead atoms. The Balaban J connectivity index is 1.69. The van der Waals surface area contributed by atoms with E-state index in [1.807, 2.05) is 42.5 Å². The van der Waals surface area contributed by atoms with Gasteiger partial charge >= 0.3 is 5.97 Å². The summed E-state index contributed by atoms with van der Waals surface area (Å²) in [6, 6.07) is 9.24. The highest BCUT2D eigenvalue weighted by Gasteiger charge is 2.35. The molecule has 0 spiro atoms. The number of aromatic nitrogens is 2. The smallest absolute Gasteiger partial charge is 0.359 e. The number of carbonyl (C=O) groups is 3. The van der Waals surface area contributed by atoms with Gasteiger partial charge in [-0.05, 0) is 50.0 Å². The lowest BCUT2D eigenvalue weighted by molar-refractivity contribution is -0.130. The lowest BCUT2D eigenvalue weighted by Crippen LogP contribution is -2.35. The Morgan fingerprint density at radius 1 is 1.21 bits per heavy atom. The molecule has 1 atom stereocenters. The van der Waals surface area contributed by atoms with Crippen molar-refractivity contribution in [2.24, 2.45) is 5.92 Å². The van der Waals surface area contributed by atoms with E-state index in [-0.39, 0.29) is 30.6 Å². The monoisotopic (exact) mass is 521 g/mol. The highest BCUT2D eigenvalue weighted by Crippen LogP contribution is 2.34. The summed E-state index contributed by atoms with van der Waals surface area (Å²) in [5.74, 6) is -0.416. The Morgan fingerprint density at radius 2 is 1.92 bits per heavy atom. The van der Waals surface area contributed by atoms with E-state index >= 15 is 0 Å². The molecular weight excluding hydrogens is 486 g/mol. The Kier molecular flexibility index (Phi) is 7.73. The van der Waals surface area contributed by atoms with Crippen molar-refractivity contribution in [3.63, 3.8) is 0 Å². The molecule has 2 aromatic rings. The van der Waals surface area contributed by atoms with Gasteiger partial charge in [0.2, 0.25) is 17.8 Å². The van der Waals surface area contributed by atoms with Gasteiger partial charge < -0.3 is 24.6 Å². The Morgan fingerprint density at radius 3 is 2.58 bits per heavy atom. The third-order valence-electron chi connectivity index (χ3n) is 6.36. The van der Waals surface area contributed by atoms with E-state index in [0.29, 0.717) is 24.0 Å². The van der Waals surface area contributed by atoms with Crippen LogP contribution in [0.3, 0.4) is 0 Å². The zero-order valence-corrected chi connectivity index (χ0v) is 22.8. The van der Waals surface area contributed by atoms with Crippen molar-refractivity contribution in [1.82, 2.24) is 14.5 Å². The number of hydrogen-bond acceptors (Lipinski definition) is 7. The molecule has 2 aliphatic rings. The van der Waals surface area contributed by atoms with Gasteiger partial charge in [0.1, 0.15) is 12.1 Å². The van der Waals surface area contributed by atoms with Crippen molar-refractivity contribution in [2.75, 3.05) is 44.6 Å². The summed E-state index contributed by atoms with van der Waals surface area (Å²) in [6.07, 6.45) is 5.08. The molecular formula is C28H35N5O5. The first kappa shape index (κ1) is 27.1. The van der Waals surface area contributed by atoms with Crippen LogP contribution in [0.2, 0.25) is 0 Å². The number of nitrogens with zero attached hydrogens (tertiary/aromatic N) is 4. The molecule has 1 unspecified atom stereocenters. The largest absolute Gasteiger partial charge is 0.452 e. The summed E-state index contributed by atoms with van der Waals surface area (Å²) in [4.78, 5) is 47.4. The molecule has 0 saturated carbocycles. The van der Waals surface area contributed by atoms with Crippen molar-refractivity contribution >= 4 is 29.5 Å². The number of carbonyl (C=O) groups excluding carboxylic acids is 3. The molecule has 0 saturated heterocycles. The zero-order valence-electron chi connectivity index (χ0n) is 22.8. The predicted molar refractivity (Wildman–Crippen MR) is 144 cm³/mol. The van der Waals surface area contributed by atoms with E-state index < -0.39 is 17.5 Å². The van der Waals surface area contributed by atoms with E-state index in [2.05, 4.69) is 17.2 Å². The minimum absolute atomic E-state index is 0.0504. The van der Waals surface area contributed by atoms with Crippen LogP contribution in [-0.4, -0.2) is 72.2 Å². The number of ether oxygens (including phenoxy) is 2. The maximum Gasteiger partial charge on any atom is 0.359 e. The molecule has 2 heterocycles. The Bertz CT molecular complexity index is 1290. The second-order valence-electron chi connectivity index (χ2n) is 10.5. The number of methoxy groups -OCH3 is 1. The Hall–Kier alpha value is -3.92. The molecule has 202 valence electrons. The summed E-state index contributed by atoms with van der Waals surface area (Å²) in [5, 5.41) is 2.78. The van der Waals surface area contributed by atoms with Crippen LogP contribution in [0.5, 0.6) is 0 Å². The van der Waals surface area contributed by atoms with Crippen molar-refractivity contribution < 1.29 is 23.9 Å². The topological polar surface area (TPSA) is 106 Å². The van der Waals surface area contributed by atoms with E-state index in [1.165, 1.54) is 12.0 Å². The minimum Gasteiger partial charge on any atom is -0.452 e. The van der Waals surface area contributed by atoms with Crippen LogP contribution in [-0.2, 0) is 19.1 Å². The van der Waals surface area contributed by atoms with Crippen molar-refractivity contribution in [3.8, 4) is 5.69 Å². The highest BCUT2D eigenvalue weighted by molar-refractivity contribution is 6.02. The maximum atomic E-state index is 13.6. The number of anilines is 2. The SMILES string of the molecule is COCC(C)(C)OC(=O)c1c(NC(=O)CN2C(=O)CC3=C2C=CC(C)C3)nc(N(C)C)n1-c1ccccc1. The van der Waals surface area contributed by atoms with Crippen LogP contribution >= 0.6 is 0 Å². The number of allylic oxidation sites excluding steroid dienone is 2. The van der Waals surface area contributed by atoms with Crippen LogP contribution in [0.4, 0.5) is 11.8 Å². The van der Waals surface area contributed by atoms with E-state index in [1.54, 1.807) is 37.4 Å². The van der Waals surface area contributed by atoms with Gasteiger partial charge in [0.05, 0.1) is 13.0 Å². The van der Waals surface area contributed by atoms with E-state index in [9.17, 15) is 14.4 Å². The molecule has 1 N–H and O–H groups in total. The first-order chi connectivity index (χ1) is 18.0. The number of imidazole rings is 1. The van der Waals surface area contributed by atoms with Gasteiger partial charge in [0, 0.05) is 32.6 Å². The summed E-state index contributed by atoms with van der Waals surface area (Å²) in [6.45, 7) is 5.58. The summed E-state index contributed by atoms with van der Waals surface area (Å²) in [5.41, 5.74) is 1.65. The summed E-state index contributed by atoms with van der Waals surface area (Å²) in [7, 11) is 5.12. The Labute approximate surface area is 222 Å². The molecule has 1 aliphatic carbocycles. The fourth-order valence-electron chi connectivity index (χ4n) is 4.76. The predicted octanol–water partition coefficient (Wildman–Crippen LogP) is 3.54. The van der Waals surface area contributed by atoms with Crippen LogP contribution < -0.4 is 10.2 Å². The minimum atomic E-state index is -0.924. The molecule has 4 rings (SSSR count). The fraction of sp³-hybridized carbons (Fsp3) is 0.429. The standard InChI is InChI=1S/C28H35N5O5/c1-18-12-13-21-19(14-18)15-23(35)32(21)16-22(34)29-25-24(26(36)38-28(2,3)17-37-6)33(27(30-25)31(4)5)20-10-8-7-9-11-20/h7-13,18H,14-17H2,1-6H3,(H,29,34). The van der Waals surface area contributed by atoms with Gasteiger partial charge in [-0.1, -0.05) is 31.2 Å². The van der Waals surface area contributed by atoms with Gasteiger partial charge in [-0.2, -0.15) is 4.98 Å². The number of nitrogens with one attached hydrogen (secondary N) is 1. The normalized spacial score (nSPS) is 17.1. The van der Waals surface area contributed by atoms with Crippen molar-refractivity contribution in [2.45, 2.75) is 39.2 Å². The molecule has 1 aromatic heterocycles. The lowest BCUT2D eigenvalue weighted by Gasteiger charge is -2.25. The third kappa shape index (κ3) is 5.65. The average Bonchev–Trinajstić information content (AvgIpc) is 3.36. The second kappa shape index (κ2) is 10.8. The number of amides is 2. The van der Waals surface area contributed by atoms with Crippen LogP contribution in [0.15, 0.2) is 53.8 Å². The average molecular weight is 522 g/mol. The van der Waals surface area contributed by atoms with Gasteiger partial charge in [0.25, 0.3) is 0 Å². The number of para-hydroxylation sites is 1. The first-order valence-electron chi connectivity index (χ1n) is 12.6. The molecule has 38 heavy (non-hydrogen) atoms. The van der Waals surface area contributed by atoms with E-state index in [4.69, 9.17) is 9.47 Å². The van der Waals surface area contributed by atoms with Gasteiger partial charge in [-0.25, -0.2) is 4.79 Å². The number of hydrogen-bond donors (Lipinski definition) is 1. The van der Waals surface area contributed by atoms with Gasteiger partial charge in [0.15, 0.2) is 11.5 Å². The quantitative estimate of drug-likeness (QED) is 0.503. The highest BCUT2D eigenvalue weighted by atomic mass is 16.6. The van der Waals surface area contributed by atoms with Crippen LogP contribution in [0.25, 0.3) is 5.69 Å². The summed E-state index contributed by atoms with van der Waals surface area (Å²) >= 11 is 0. The molecule has 10 heteroatoms. The number of benzene rings is 1. The molecule has 1 aliphatic heterocycles. The third-order valence-corrected chi connectivity index (χ3v) is 6.36. The van der Waals surface area contributed by atoms with Crippen LogP contribution in [0, 0.1) is 5.92 Å². The van der Waals surface area contributed by atoms with Crippen molar-refractivity contribution in [1.29, 1.82) is 0 Å². The zero-order chi connectivity index (χ0) is 27.6. The second-order valence-corrected chi connectivity index (χ2v) is 10.5. The lowest BCUT2D eigenvalue weighted by atomic mass is 9.94. The first-order valence-corrected chi connectivity index (χ1v) is 12.6. The maximum absolute atomic E-state index is 13.6. The van der Waals surface area contributed by atoms with E-state index in [0.717, 1.165) is 17.7 Å². The molecule has 0 radical (unpaired) electrons. The molecule has 1 aromatic carbocycles. The fourth-order valence-corrected chi connectivity index (χ4v) is 4.76. The van der Waals surface area contributed by atoms with Gasteiger partial charge in [-0.15, -0.1) is 0 Å². The number of rotatable bonds is 9. The number of esters is 1. The molecule has 0 fully saturated rings. The molecule has 2 amide bonds. The summed E-state index contributed by atoms with van der Waals surface area (Å²) < 4.78 is 12.6.